The van der Waals surface area contributed by atoms with Gasteiger partial charge in [-0.2, -0.15) is 12.7 Å². The Balaban J connectivity index is 1.68. The minimum Gasteiger partial charge on any atom is -0.347 e. The molecule has 0 bridgehead atoms. The highest BCUT2D eigenvalue weighted by molar-refractivity contribution is 7.87. The Labute approximate surface area is 164 Å². The number of Topliss-reactive ketones (excluding diaryl/α,β-unsaturated/α-hetero) is 1. The van der Waals surface area contributed by atoms with Crippen molar-refractivity contribution in [2.24, 2.45) is 13.0 Å². The molecule has 0 spiro atoms. The number of rotatable bonds is 4. The van der Waals surface area contributed by atoms with Crippen LogP contribution in [-0.4, -0.2) is 46.1 Å². The molecular weight excluding hydrogens is 376 g/mol. The summed E-state index contributed by atoms with van der Waals surface area (Å²) in [4.78, 5) is 17.6. The van der Waals surface area contributed by atoms with Crippen LogP contribution in [0.5, 0.6) is 0 Å². The van der Waals surface area contributed by atoms with Gasteiger partial charge in [-0.1, -0.05) is 18.2 Å². The van der Waals surface area contributed by atoms with Gasteiger partial charge in [-0.15, -0.1) is 0 Å². The van der Waals surface area contributed by atoms with Crippen LogP contribution < -0.4 is 0 Å². The number of carbonyl (C=O) groups excluding carboxylic acids is 1. The minimum absolute atomic E-state index is 0.127. The summed E-state index contributed by atoms with van der Waals surface area (Å²) in [6, 6.07) is 7.97. The first-order valence-corrected chi connectivity index (χ1v) is 10.7. The lowest BCUT2D eigenvalue weighted by Crippen LogP contribution is -2.29. The highest BCUT2D eigenvalue weighted by Gasteiger charge is 2.33. The molecule has 1 aliphatic rings. The van der Waals surface area contributed by atoms with Gasteiger partial charge in [0.15, 0.2) is 5.78 Å². The standard InChI is InChI=1S/C20H24N4O3S/c1-13-16(21-12-24(13)28(26,27)22(2)3)11-14-9-10-18-19(20(14)25)15-7-5-6-8-17(15)23(18)4/h5-8,12,14H,9-11H2,1-4H3. The zero-order valence-electron chi connectivity index (χ0n) is 16.5. The second kappa shape index (κ2) is 6.56. The van der Waals surface area contributed by atoms with Crippen molar-refractivity contribution < 1.29 is 13.2 Å². The zero-order valence-corrected chi connectivity index (χ0v) is 17.3. The van der Waals surface area contributed by atoms with Gasteiger partial charge in [0, 0.05) is 55.6 Å². The van der Waals surface area contributed by atoms with Crippen molar-refractivity contribution in [3.05, 3.63) is 53.2 Å². The summed E-state index contributed by atoms with van der Waals surface area (Å²) >= 11 is 0. The largest absolute Gasteiger partial charge is 0.347 e. The lowest BCUT2D eigenvalue weighted by molar-refractivity contribution is 0.0901. The van der Waals surface area contributed by atoms with E-state index in [2.05, 4.69) is 9.55 Å². The summed E-state index contributed by atoms with van der Waals surface area (Å²) in [6.07, 6.45) is 3.34. The van der Waals surface area contributed by atoms with Crippen LogP contribution in [0.1, 0.15) is 33.9 Å². The SMILES string of the molecule is Cc1c(CC2CCc3c(c4ccccc4n3C)C2=O)ncn1S(=O)(=O)N(C)C. The number of carbonyl (C=O) groups is 1. The summed E-state index contributed by atoms with van der Waals surface area (Å²) < 4.78 is 29.3. The molecule has 1 aliphatic carbocycles. The predicted octanol–water partition coefficient (Wildman–Crippen LogP) is 2.33. The van der Waals surface area contributed by atoms with E-state index in [1.165, 1.54) is 24.4 Å². The van der Waals surface area contributed by atoms with Crippen molar-refractivity contribution in [3.63, 3.8) is 0 Å². The summed E-state index contributed by atoms with van der Waals surface area (Å²) in [7, 11) is 1.37. The maximum atomic E-state index is 13.3. The van der Waals surface area contributed by atoms with Crippen LogP contribution in [0.4, 0.5) is 0 Å². The van der Waals surface area contributed by atoms with Gasteiger partial charge in [0.2, 0.25) is 0 Å². The normalized spacial score (nSPS) is 17.5. The number of aromatic nitrogens is 3. The highest BCUT2D eigenvalue weighted by Crippen LogP contribution is 2.35. The van der Waals surface area contributed by atoms with Crippen LogP contribution in [0.15, 0.2) is 30.6 Å². The number of ketones is 1. The average Bonchev–Trinajstić information content (AvgIpc) is 3.17. The number of hydrogen-bond donors (Lipinski definition) is 0. The van der Waals surface area contributed by atoms with Crippen molar-refractivity contribution in [1.29, 1.82) is 0 Å². The van der Waals surface area contributed by atoms with Crippen LogP contribution in [0.3, 0.4) is 0 Å². The number of imidazole rings is 1. The molecule has 8 heteroatoms. The van der Waals surface area contributed by atoms with E-state index in [0.717, 1.165) is 39.3 Å². The van der Waals surface area contributed by atoms with Gasteiger partial charge in [0.05, 0.1) is 11.4 Å². The van der Waals surface area contributed by atoms with Crippen molar-refractivity contribution >= 4 is 26.9 Å². The van der Waals surface area contributed by atoms with Gasteiger partial charge in [-0.25, -0.2) is 8.96 Å². The number of aryl methyl sites for hydroxylation is 1. The number of nitrogens with zero attached hydrogens (tertiary/aromatic N) is 4. The van der Waals surface area contributed by atoms with Crippen molar-refractivity contribution in [3.8, 4) is 0 Å². The molecule has 0 N–H and O–H groups in total. The lowest BCUT2D eigenvalue weighted by Gasteiger charge is -2.22. The first-order valence-electron chi connectivity index (χ1n) is 9.29. The fraction of sp³-hybridized carbons (Fsp3) is 0.400. The first-order chi connectivity index (χ1) is 13.2. The van der Waals surface area contributed by atoms with E-state index in [1.807, 2.05) is 31.3 Å². The number of para-hydroxylation sites is 1. The van der Waals surface area contributed by atoms with Gasteiger partial charge >= 0.3 is 10.2 Å². The second-order valence-electron chi connectivity index (χ2n) is 7.56. The fourth-order valence-corrected chi connectivity index (χ4v) is 5.10. The Morgan fingerprint density at radius 3 is 2.68 bits per heavy atom. The Morgan fingerprint density at radius 1 is 1.25 bits per heavy atom. The summed E-state index contributed by atoms with van der Waals surface area (Å²) in [6.45, 7) is 1.74. The molecule has 0 amide bonds. The van der Waals surface area contributed by atoms with Crippen LogP contribution in [0, 0.1) is 12.8 Å². The number of hydrogen-bond acceptors (Lipinski definition) is 4. The maximum Gasteiger partial charge on any atom is 0.308 e. The topological polar surface area (TPSA) is 77.2 Å². The number of benzene rings is 1. The first kappa shape index (κ1) is 18.9. The van der Waals surface area contributed by atoms with Gasteiger partial charge in [-0.05, 0) is 25.8 Å². The Hall–Kier alpha value is -2.45. The molecule has 1 unspecified atom stereocenters. The van der Waals surface area contributed by atoms with E-state index < -0.39 is 10.2 Å². The zero-order chi connectivity index (χ0) is 20.2. The monoisotopic (exact) mass is 400 g/mol. The quantitative estimate of drug-likeness (QED) is 0.673. The van der Waals surface area contributed by atoms with Crippen LogP contribution in [0.25, 0.3) is 10.9 Å². The fourth-order valence-electron chi connectivity index (χ4n) is 4.13. The third-order valence-corrected chi connectivity index (χ3v) is 7.58. The van der Waals surface area contributed by atoms with Crippen LogP contribution in [-0.2, 0) is 30.1 Å². The summed E-state index contributed by atoms with van der Waals surface area (Å²) in [5, 5.41) is 0.993. The Morgan fingerprint density at radius 2 is 1.96 bits per heavy atom. The Bertz CT molecular complexity index is 1190. The molecule has 7 nitrogen and oxygen atoms in total. The maximum absolute atomic E-state index is 13.3. The Kier molecular flexibility index (Phi) is 4.43. The molecule has 28 heavy (non-hydrogen) atoms. The molecule has 0 saturated heterocycles. The molecule has 0 aliphatic heterocycles. The van der Waals surface area contributed by atoms with E-state index in [0.29, 0.717) is 17.8 Å². The summed E-state index contributed by atoms with van der Waals surface area (Å²) in [5.74, 6) is -0.0649. The summed E-state index contributed by atoms with van der Waals surface area (Å²) in [5.41, 5.74) is 4.18. The van der Waals surface area contributed by atoms with Gasteiger partial charge < -0.3 is 4.57 Å². The molecule has 2 heterocycles. The third-order valence-electron chi connectivity index (χ3n) is 5.79. The molecule has 3 aromatic rings. The van der Waals surface area contributed by atoms with Gasteiger partial charge in [0.1, 0.15) is 6.33 Å². The molecule has 4 rings (SSSR count). The van der Waals surface area contributed by atoms with E-state index in [-0.39, 0.29) is 11.7 Å². The van der Waals surface area contributed by atoms with Crippen molar-refractivity contribution in [1.82, 2.24) is 17.8 Å². The highest BCUT2D eigenvalue weighted by atomic mass is 32.2. The molecule has 0 fully saturated rings. The molecule has 0 saturated carbocycles. The smallest absolute Gasteiger partial charge is 0.308 e. The molecule has 0 radical (unpaired) electrons. The van der Waals surface area contributed by atoms with E-state index in [1.54, 1.807) is 6.92 Å². The lowest BCUT2D eigenvalue weighted by atomic mass is 9.82. The molecule has 148 valence electrons. The van der Waals surface area contributed by atoms with Crippen molar-refractivity contribution in [2.75, 3.05) is 14.1 Å². The second-order valence-corrected chi connectivity index (χ2v) is 9.58. The minimum atomic E-state index is -3.62. The van der Waals surface area contributed by atoms with E-state index in [4.69, 9.17) is 0 Å². The van der Waals surface area contributed by atoms with Crippen LogP contribution in [0.2, 0.25) is 0 Å². The predicted molar refractivity (Wildman–Crippen MR) is 108 cm³/mol. The average molecular weight is 401 g/mol. The molecule has 2 aromatic heterocycles. The van der Waals surface area contributed by atoms with E-state index in [9.17, 15) is 13.2 Å². The third kappa shape index (κ3) is 2.70. The molecular formula is C20H24N4O3S. The van der Waals surface area contributed by atoms with E-state index >= 15 is 0 Å². The van der Waals surface area contributed by atoms with Crippen LogP contribution >= 0.6 is 0 Å². The van der Waals surface area contributed by atoms with Gasteiger partial charge in [0.25, 0.3) is 0 Å². The number of fused-ring (bicyclic) bond motifs is 3. The molecule has 1 aromatic carbocycles. The van der Waals surface area contributed by atoms with Gasteiger partial charge in [-0.3, -0.25) is 4.79 Å². The van der Waals surface area contributed by atoms with Crippen molar-refractivity contribution in [2.45, 2.75) is 26.2 Å². The molecule has 1 atom stereocenters.